The van der Waals surface area contributed by atoms with Gasteiger partial charge in [-0.05, 0) is 6.42 Å². The van der Waals surface area contributed by atoms with Gasteiger partial charge in [-0.1, -0.05) is 22.6 Å². The first-order chi connectivity index (χ1) is 5.08. The summed E-state index contributed by atoms with van der Waals surface area (Å²) in [6.07, 6.45) is 0.00111. The molecule has 11 heavy (non-hydrogen) atoms. The van der Waals surface area contributed by atoms with Crippen LogP contribution in [0.15, 0.2) is 0 Å². The smallest absolute Gasteiger partial charge is 0.298 e. The Morgan fingerprint density at radius 1 is 1.45 bits per heavy atom. The summed E-state index contributed by atoms with van der Waals surface area (Å²) >= 11 is 2.01. The molecule has 0 amide bonds. The SMILES string of the molecule is OC1COC2(O)OCCC12I. The van der Waals surface area contributed by atoms with Gasteiger partial charge in [0.1, 0.15) is 9.53 Å². The molecule has 2 heterocycles. The van der Waals surface area contributed by atoms with Crippen molar-refractivity contribution in [3.05, 3.63) is 0 Å². The Morgan fingerprint density at radius 2 is 2.18 bits per heavy atom. The molecule has 2 aliphatic rings. The molecule has 0 aromatic rings. The zero-order valence-electron chi connectivity index (χ0n) is 5.79. The molecule has 2 rings (SSSR count). The van der Waals surface area contributed by atoms with E-state index in [-0.39, 0.29) is 6.61 Å². The van der Waals surface area contributed by atoms with Gasteiger partial charge in [-0.25, -0.2) is 0 Å². The van der Waals surface area contributed by atoms with Gasteiger partial charge >= 0.3 is 0 Å². The molecule has 5 heteroatoms. The number of rotatable bonds is 0. The summed E-state index contributed by atoms with van der Waals surface area (Å²) in [6, 6.07) is 0. The van der Waals surface area contributed by atoms with Crippen molar-refractivity contribution >= 4 is 22.6 Å². The lowest BCUT2D eigenvalue weighted by molar-refractivity contribution is -0.322. The summed E-state index contributed by atoms with van der Waals surface area (Å²) in [5, 5.41) is 19.1. The number of alkyl halides is 1. The van der Waals surface area contributed by atoms with E-state index >= 15 is 0 Å². The van der Waals surface area contributed by atoms with Crippen LogP contribution in [-0.4, -0.2) is 38.9 Å². The third-order valence-corrected chi connectivity index (χ3v) is 4.19. The number of fused-ring (bicyclic) bond motifs is 1. The predicted octanol–water partition coefficient (Wildman–Crippen LogP) is -0.382. The van der Waals surface area contributed by atoms with Crippen LogP contribution < -0.4 is 0 Å². The molecular weight excluding hydrogens is 263 g/mol. The van der Waals surface area contributed by atoms with Crippen LogP contribution in [0.25, 0.3) is 0 Å². The van der Waals surface area contributed by atoms with Crippen LogP contribution in [0.1, 0.15) is 6.42 Å². The second-order valence-corrected chi connectivity index (χ2v) is 4.79. The van der Waals surface area contributed by atoms with E-state index in [1.54, 1.807) is 0 Å². The first kappa shape index (κ1) is 8.18. The molecule has 2 saturated heterocycles. The molecule has 3 unspecified atom stereocenters. The van der Waals surface area contributed by atoms with Crippen LogP contribution in [0.4, 0.5) is 0 Å². The van der Waals surface area contributed by atoms with Gasteiger partial charge in [0, 0.05) is 0 Å². The van der Waals surface area contributed by atoms with Crippen LogP contribution in [0.3, 0.4) is 0 Å². The fourth-order valence-electron chi connectivity index (χ4n) is 1.48. The maximum atomic E-state index is 9.65. The minimum Gasteiger partial charge on any atom is -0.389 e. The number of halogens is 1. The van der Waals surface area contributed by atoms with Crippen molar-refractivity contribution in [3.63, 3.8) is 0 Å². The van der Waals surface area contributed by atoms with Crippen molar-refractivity contribution in [2.24, 2.45) is 0 Å². The molecule has 2 aliphatic heterocycles. The molecule has 64 valence electrons. The fraction of sp³-hybridized carbons (Fsp3) is 1.00. The number of aliphatic hydroxyl groups excluding tert-OH is 1. The zero-order chi connectivity index (χ0) is 8.11. The highest BCUT2D eigenvalue weighted by Gasteiger charge is 2.64. The van der Waals surface area contributed by atoms with E-state index in [4.69, 9.17) is 9.47 Å². The van der Waals surface area contributed by atoms with Crippen LogP contribution in [0, 0.1) is 0 Å². The molecule has 4 nitrogen and oxygen atoms in total. The quantitative estimate of drug-likeness (QED) is 0.466. The van der Waals surface area contributed by atoms with Crippen LogP contribution in [0.5, 0.6) is 0 Å². The summed E-state index contributed by atoms with van der Waals surface area (Å²) in [6.45, 7) is 0.593. The van der Waals surface area contributed by atoms with Crippen LogP contribution >= 0.6 is 22.6 Å². The van der Waals surface area contributed by atoms with E-state index in [9.17, 15) is 10.2 Å². The van der Waals surface area contributed by atoms with E-state index in [1.807, 2.05) is 22.6 Å². The lowest BCUT2D eigenvalue weighted by Gasteiger charge is -2.27. The third-order valence-electron chi connectivity index (χ3n) is 2.25. The molecule has 0 radical (unpaired) electrons. The maximum Gasteiger partial charge on any atom is 0.298 e. The highest BCUT2D eigenvalue weighted by Crippen LogP contribution is 2.49. The van der Waals surface area contributed by atoms with Crippen LogP contribution in [-0.2, 0) is 9.47 Å². The Labute approximate surface area is 77.6 Å². The van der Waals surface area contributed by atoms with E-state index in [2.05, 4.69) is 0 Å². The van der Waals surface area contributed by atoms with Gasteiger partial charge in [0.05, 0.1) is 13.2 Å². The Hall–Kier alpha value is 0.570. The van der Waals surface area contributed by atoms with Gasteiger partial charge in [-0.2, -0.15) is 0 Å². The molecular formula is C6H9IO4. The largest absolute Gasteiger partial charge is 0.389 e. The van der Waals surface area contributed by atoms with E-state index in [0.29, 0.717) is 13.0 Å². The van der Waals surface area contributed by atoms with E-state index < -0.39 is 15.5 Å². The Bertz CT molecular complexity index is 187. The average Bonchev–Trinajstić information content (AvgIpc) is 2.34. The number of hydrogen-bond acceptors (Lipinski definition) is 4. The standard InChI is InChI=1S/C6H9IO4/c7-5-1-2-10-6(5,9)11-3-4(5)8/h4,8-9H,1-3H2. The summed E-state index contributed by atoms with van der Waals surface area (Å²) < 4.78 is 9.30. The molecule has 0 aromatic heterocycles. The molecule has 0 bridgehead atoms. The molecule has 0 aliphatic carbocycles. The van der Waals surface area contributed by atoms with Crippen molar-refractivity contribution in [1.82, 2.24) is 0 Å². The topological polar surface area (TPSA) is 58.9 Å². The minimum absolute atomic E-state index is 0.152. The predicted molar refractivity (Wildman–Crippen MR) is 44.2 cm³/mol. The zero-order valence-corrected chi connectivity index (χ0v) is 7.95. The minimum atomic E-state index is -1.55. The lowest BCUT2D eigenvalue weighted by Crippen LogP contribution is -2.47. The van der Waals surface area contributed by atoms with Gasteiger partial charge in [0.15, 0.2) is 0 Å². The summed E-state index contributed by atoms with van der Waals surface area (Å²) in [4.78, 5) is 0. The van der Waals surface area contributed by atoms with E-state index in [1.165, 1.54) is 0 Å². The van der Waals surface area contributed by atoms with Crippen molar-refractivity contribution in [2.75, 3.05) is 13.2 Å². The second kappa shape index (κ2) is 2.29. The average molecular weight is 272 g/mol. The fourth-order valence-corrected chi connectivity index (χ4v) is 2.19. The Morgan fingerprint density at radius 3 is 2.82 bits per heavy atom. The van der Waals surface area contributed by atoms with Gasteiger partial charge in [-0.15, -0.1) is 0 Å². The molecule has 2 N–H and O–H groups in total. The van der Waals surface area contributed by atoms with Gasteiger partial charge in [0.2, 0.25) is 0 Å². The molecule has 0 aromatic carbocycles. The molecule has 2 fully saturated rings. The molecule has 0 saturated carbocycles. The second-order valence-electron chi connectivity index (χ2n) is 2.87. The monoisotopic (exact) mass is 272 g/mol. The van der Waals surface area contributed by atoms with Gasteiger partial charge in [0.25, 0.3) is 5.97 Å². The Balaban J connectivity index is 2.33. The number of hydrogen-bond donors (Lipinski definition) is 2. The van der Waals surface area contributed by atoms with Crippen molar-refractivity contribution in [1.29, 1.82) is 0 Å². The number of aliphatic hydroxyl groups is 2. The summed E-state index contributed by atoms with van der Waals surface area (Å²) in [5.41, 5.74) is 0. The van der Waals surface area contributed by atoms with Crippen molar-refractivity contribution in [3.8, 4) is 0 Å². The van der Waals surface area contributed by atoms with E-state index in [0.717, 1.165) is 0 Å². The summed E-state index contributed by atoms with van der Waals surface area (Å²) in [5.74, 6) is -1.55. The normalized spacial score (nSPS) is 56.5. The van der Waals surface area contributed by atoms with Gasteiger partial charge < -0.3 is 19.7 Å². The third kappa shape index (κ3) is 0.888. The molecule has 0 spiro atoms. The highest BCUT2D eigenvalue weighted by molar-refractivity contribution is 14.1. The van der Waals surface area contributed by atoms with Crippen molar-refractivity contribution in [2.45, 2.75) is 21.9 Å². The maximum absolute atomic E-state index is 9.65. The van der Waals surface area contributed by atoms with Gasteiger partial charge in [-0.3, -0.25) is 0 Å². The number of ether oxygens (including phenoxy) is 2. The summed E-state index contributed by atoms with van der Waals surface area (Å²) in [7, 11) is 0. The molecule has 3 atom stereocenters. The first-order valence-corrected chi connectivity index (χ1v) is 4.54. The highest BCUT2D eigenvalue weighted by atomic mass is 127. The Kier molecular flexibility index (Phi) is 1.70. The first-order valence-electron chi connectivity index (χ1n) is 3.46. The lowest BCUT2D eigenvalue weighted by atomic mass is 10.0. The van der Waals surface area contributed by atoms with Crippen molar-refractivity contribution < 1.29 is 19.7 Å². The van der Waals surface area contributed by atoms with Crippen LogP contribution in [0.2, 0.25) is 0 Å².